The van der Waals surface area contributed by atoms with E-state index in [1.165, 1.54) is 38.5 Å². The Balaban J connectivity index is 1.67. The van der Waals surface area contributed by atoms with Gasteiger partial charge in [-0.15, -0.1) is 0 Å². The molecule has 0 aromatic carbocycles. The molecule has 0 aliphatic heterocycles. The van der Waals surface area contributed by atoms with E-state index in [1.54, 1.807) is 5.57 Å². The minimum absolute atomic E-state index is 0.102. The van der Waals surface area contributed by atoms with Gasteiger partial charge in [0.25, 0.3) is 0 Å². The third-order valence-electron chi connectivity index (χ3n) is 12.2. The van der Waals surface area contributed by atoms with Gasteiger partial charge in [0.05, 0.1) is 0 Å². The van der Waals surface area contributed by atoms with Crippen LogP contribution in [0, 0.1) is 57.2 Å². The Bertz CT molecular complexity index is 818. The van der Waals surface area contributed by atoms with Gasteiger partial charge in [-0.1, -0.05) is 86.5 Å². The molecule has 3 fully saturated rings. The molecule has 1 heteroatoms. The summed E-state index contributed by atoms with van der Waals surface area (Å²) < 4.78 is 0. The van der Waals surface area contributed by atoms with E-state index in [0.717, 1.165) is 12.3 Å². The molecule has 0 spiro atoms. The van der Waals surface area contributed by atoms with Crippen LogP contribution in [0.5, 0.6) is 0 Å². The van der Waals surface area contributed by atoms with Crippen molar-refractivity contribution in [2.75, 3.05) is 0 Å². The highest BCUT2D eigenvalue weighted by Gasteiger charge is 2.68. The first kappa shape index (κ1) is 24.3. The SMILES string of the molecule is CC(C)[C@@H](C)/C=C/[C@@H](C)[C@H]1CCC2C3=CC(=O)[C@]4(C)C[C@@H](C)CC[C@]4(C)[C@@]3(C)CC[C@@]21C. The number of carbonyl (C=O) groups is 1. The maximum absolute atomic E-state index is 13.8. The van der Waals surface area contributed by atoms with Crippen molar-refractivity contribution in [3.8, 4) is 0 Å². The molecule has 180 valence electrons. The van der Waals surface area contributed by atoms with Crippen molar-refractivity contribution >= 4 is 5.78 Å². The molecule has 0 radical (unpaired) electrons. The van der Waals surface area contributed by atoms with E-state index >= 15 is 0 Å². The van der Waals surface area contributed by atoms with Crippen LogP contribution in [0.2, 0.25) is 0 Å². The third kappa shape index (κ3) is 3.19. The number of ketones is 1. The summed E-state index contributed by atoms with van der Waals surface area (Å²) in [4.78, 5) is 13.8. The van der Waals surface area contributed by atoms with Gasteiger partial charge in [-0.3, -0.25) is 4.79 Å². The standard InChI is InChI=1S/C31H50O/c1-20(2)22(4)10-11-23(5)24-12-13-25-26-18-27(32)30(8)19-21(3)14-15-31(30,9)29(26,7)17-16-28(24,25)6/h10-11,18,20-25H,12-17,19H2,1-9H3/b11-10+/t21-,22-,23+,24+,25?,28+,29-,30-,31+/m0/s1. The van der Waals surface area contributed by atoms with Crippen LogP contribution in [-0.2, 0) is 4.79 Å². The van der Waals surface area contributed by atoms with E-state index in [-0.39, 0.29) is 16.2 Å². The van der Waals surface area contributed by atoms with E-state index in [0.29, 0.717) is 40.8 Å². The smallest absolute Gasteiger partial charge is 0.162 e. The minimum atomic E-state index is -0.183. The first-order valence-electron chi connectivity index (χ1n) is 13.7. The van der Waals surface area contributed by atoms with Crippen molar-refractivity contribution in [1.29, 1.82) is 0 Å². The summed E-state index contributed by atoms with van der Waals surface area (Å²) in [7, 11) is 0. The fraction of sp³-hybridized carbons (Fsp3) is 0.839. The molecule has 0 aromatic rings. The number of allylic oxidation sites excluding steroid dienone is 4. The van der Waals surface area contributed by atoms with Crippen LogP contribution in [-0.4, -0.2) is 5.78 Å². The van der Waals surface area contributed by atoms with Gasteiger partial charge in [-0.05, 0) is 96.4 Å². The van der Waals surface area contributed by atoms with Gasteiger partial charge in [0, 0.05) is 5.41 Å². The molecule has 3 saturated carbocycles. The lowest BCUT2D eigenvalue weighted by Gasteiger charge is -2.66. The predicted octanol–water partition coefficient (Wildman–Crippen LogP) is 8.65. The second-order valence-electron chi connectivity index (χ2n) is 13.9. The molecule has 1 unspecified atom stereocenters. The van der Waals surface area contributed by atoms with Gasteiger partial charge in [0.2, 0.25) is 0 Å². The van der Waals surface area contributed by atoms with Crippen molar-refractivity contribution < 1.29 is 4.79 Å². The molecule has 4 rings (SSSR count). The zero-order valence-corrected chi connectivity index (χ0v) is 22.6. The summed E-state index contributed by atoms with van der Waals surface area (Å²) in [5.41, 5.74) is 1.99. The molecule has 0 aromatic heterocycles. The summed E-state index contributed by atoms with van der Waals surface area (Å²) in [6, 6.07) is 0. The van der Waals surface area contributed by atoms with Crippen molar-refractivity contribution in [3.05, 3.63) is 23.8 Å². The second-order valence-corrected chi connectivity index (χ2v) is 13.9. The molecule has 9 atom stereocenters. The van der Waals surface area contributed by atoms with Crippen LogP contribution in [0.15, 0.2) is 23.8 Å². The Morgan fingerprint density at radius 1 is 0.906 bits per heavy atom. The van der Waals surface area contributed by atoms with E-state index in [4.69, 9.17) is 0 Å². The number of carbonyl (C=O) groups excluding carboxylic acids is 1. The lowest BCUT2D eigenvalue weighted by atomic mass is 9.37. The highest BCUT2D eigenvalue weighted by atomic mass is 16.1. The highest BCUT2D eigenvalue weighted by Crippen LogP contribution is 2.74. The van der Waals surface area contributed by atoms with Gasteiger partial charge >= 0.3 is 0 Å². The molecule has 0 N–H and O–H groups in total. The Kier molecular flexibility index (Phi) is 5.95. The largest absolute Gasteiger partial charge is 0.294 e. The second kappa shape index (κ2) is 7.84. The number of hydrogen-bond donors (Lipinski definition) is 0. The first-order chi connectivity index (χ1) is 14.8. The maximum atomic E-state index is 13.8. The van der Waals surface area contributed by atoms with Gasteiger partial charge < -0.3 is 0 Å². The monoisotopic (exact) mass is 438 g/mol. The molecular weight excluding hydrogens is 388 g/mol. The molecular formula is C31H50O. The molecule has 32 heavy (non-hydrogen) atoms. The van der Waals surface area contributed by atoms with Gasteiger partial charge in [-0.25, -0.2) is 0 Å². The number of fused-ring (bicyclic) bond motifs is 5. The fourth-order valence-corrected chi connectivity index (χ4v) is 9.00. The summed E-state index contributed by atoms with van der Waals surface area (Å²) in [5, 5.41) is 0. The highest BCUT2D eigenvalue weighted by molar-refractivity contribution is 5.97. The Morgan fingerprint density at radius 2 is 1.59 bits per heavy atom. The van der Waals surface area contributed by atoms with E-state index in [9.17, 15) is 4.79 Å². The summed E-state index contributed by atoms with van der Waals surface area (Å²) in [6.07, 6.45) is 15.9. The Morgan fingerprint density at radius 3 is 2.25 bits per heavy atom. The van der Waals surface area contributed by atoms with E-state index in [2.05, 4.69) is 80.5 Å². The quantitative estimate of drug-likeness (QED) is 0.401. The minimum Gasteiger partial charge on any atom is -0.294 e. The predicted molar refractivity (Wildman–Crippen MR) is 136 cm³/mol. The Hall–Kier alpha value is -0.850. The molecule has 4 aliphatic rings. The van der Waals surface area contributed by atoms with Crippen molar-refractivity contribution in [2.24, 2.45) is 57.2 Å². The van der Waals surface area contributed by atoms with Gasteiger partial charge in [-0.2, -0.15) is 0 Å². The van der Waals surface area contributed by atoms with E-state index < -0.39 is 0 Å². The average Bonchev–Trinajstić information content (AvgIpc) is 3.07. The summed E-state index contributed by atoms with van der Waals surface area (Å²) >= 11 is 0. The molecule has 0 saturated heterocycles. The Labute approximate surface area is 198 Å². The lowest BCUT2D eigenvalue weighted by Crippen LogP contribution is -2.62. The normalized spacial score (nSPS) is 48.2. The van der Waals surface area contributed by atoms with Crippen molar-refractivity contribution in [1.82, 2.24) is 0 Å². The van der Waals surface area contributed by atoms with E-state index in [1.807, 2.05) is 0 Å². The molecule has 0 bridgehead atoms. The van der Waals surface area contributed by atoms with Crippen LogP contribution in [0.25, 0.3) is 0 Å². The zero-order valence-electron chi connectivity index (χ0n) is 22.6. The molecule has 1 nitrogen and oxygen atoms in total. The fourth-order valence-electron chi connectivity index (χ4n) is 9.00. The van der Waals surface area contributed by atoms with Crippen LogP contribution in [0.4, 0.5) is 0 Å². The van der Waals surface area contributed by atoms with Crippen LogP contribution >= 0.6 is 0 Å². The van der Waals surface area contributed by atoms with Crippen molar-refractivity contribution in [2.45, 2.75) is 107 Å². The third-order valence-corrected chi connectivity index (χ3v) is 12.2. The maximum Gasteiger partial charge on any atom is 0.162 e. The number of hydrogen-bond acceptors (Lipinski definition) is 1. The summed E-state index contributed by atoms with van der Waals surface area (Å²) in [6.45, 7) is 21.7. The van der Waals surface area contributed by atoms with Gasteiger partial charge in [0.1, 0.15) is 0 Å². The van der Waals surface area contributed by atoms with Crippen LogP contribution in [0.1, 0.15) is 107 Å². The zero-order chi connectivity index (χ0) is 23.7. The van der Waals surface area contributed by atoms with Gasteiger partial charge in [0.15, 0.2) is 5.78 Å². The van der Waals surface area contributed by atoms with Crippen LogP contribution in [0.3, 0.4) is 0 Å². The average molecular weight is 439 g/mol. The lowest BCUT2D eigenvalue weighted by molar-refractivity contribution is -0.157. The first-order valence-corrected chi connectivity index (χ1v) is 13.7. The van der Waals surface area contributed by atoms with Crippen LogP contribution < -0.4 is 0 Å². The molecule has 4 aliphatic carbocycles. The molecule has 0 amide bonds. The number of rotatable bonds is 4. The summed E-state index contributed by atoms with van der Waals surface area (Å²) in [5.74, 6) is 4.40. The van der Waals surface area contributed by atoms with Crippen molar-refractivity contribution in [3.63, 3.8) is 0 Å². The topological polar surface area (TPSA) is 17.1 Å². The molecule has 0 heterocycles.